The lowest BCUT2D eigenvalue weighted by molar-refractivity contribution is -0.140. The predicted octanol–water partition coefficient (Wildman–Crippen LogP) is 7.79. The summed E-state index contributed by atoms with van der Waals surface area (Å²) in [7, 11) is 0. The van der Waals surface area contributed by atoms with Crippen molar-refractivity contribution in [2.24, 2.45) is 0 Å². The van der Waals surface area contributed by atoms with Gasteiger partial charge < -0.3 is 14.4 Å². The average molecular weight is 551 g/mol. The van der Waals surface area contributed by atoms with Crippen LogP contribution in [0.25, 0.3) is 21.5 Å². The molecule has 39 heavy (non-hydrogen) atoms. The van der Waals surface area contributed by atoms with Crippen LogP contribution in [-0.4, -0.2) is 20.6 Å². The van der Waals surface area contributed by atoms with Crippen LogP contribution in [0.4, 0.5) is 13.2 Å². The predicted molar refractivity (Wildman–Crippen MR) is 145 cm³/mol. The first-order valence-corrected chi connectivity index (χ1v) is 13.2. The minimum absolute atomic E-state index is 0.250. The third-order valence-corrected chi connectivity index (χ3v) is 7.69. The van der Waals surface area contributed by atoms with Gasteiger partial charge in [-0.15, -0.1) is 11.3 Å². The number of benzene rings is 3. The summed E-state index contributed by atoms with van der Waals surface area (Å²) in [6.07, 6.45) is -1.22. The number of carboxylic acid groups (broad SMARTS) is 1. The van der Waals surface area contributed by atoms with Crippen molar-refractivity contribution in [1.82, 2.24) is 9.55 Å². The number of hydrogen-bond donors (Lipinski definition) is 1. The number of thiazole rings is 1. The van der Waals surface area contributed by atoms with Crippen LogP contribution in [0.5, 0.6) is 5.75 Å². The lowest BCUT2D eigenvalue weighted by Gasteiger charge is -2.11. The Morgan fingerprint density at radius 1 is 1.03 bits per heavy atom. The quantitative estimate of drug-likeness (QED) is 0.203. The van der Waals surface area contributed by atoms with Crippen LogP contribution >= 0.6 is 11.3 Å². The molecule has 0 fully saturated rings. The number of carboxylic acids is 1. The van der Waals surface area contributed by atoms with E-state index in [1.54, 1.807) is 23.8 Å². The second-order valence-corrected chi connectivity index (χ2v) is 10.3. The highest BCUT2D eigenvalue weighted by atomic mass is 32.1. The molecular formula is C30H25F3N2O3S. The molecule has 200 valence electrons. The van der Waals surface area contributed by atoms with Crippen molar-refractivity contribution in [1.29, 1.82) is 0 Å². The minimum atomic E-state index is -4.39. The topological polar surface area (TPSA) is 64.3 Å². The van der Waals surface area contributed by atoms with Crippen molar-refractivity contribution in [3.05, 3.63) is 107 Å². The molecule has 3 aromatic carbocycles. The Hall–Kier alpha value is -4.11. The van der Waals surface area contributed by atoms with Gasteiger partial charge in [0.2, 0.25) is 0 Å². The molecular weight excluding hydrogens is 525 g/mol. The van der Waals surface area contributed by atoms with Gasteiger partial charge in [-0.3, -0.25) is 0 Å². The first-order chi connectivity index (χ1) is 18.7. The highest BCUT2D eigenvalue weighted by molar-refractivity contribution is 7.15. The zero-order chi connectivity index (χ0) is 27.6. The van der Waals surface area contributed by atoms with Crippen LogP contribution < -0.4 is 4.74 Å². The van der Waals surface area contributed by atoms with E-state index in [-0.39, 0.29) is 6.61 Å². The number of hydrogen-bond acceptors (Lipinski definition) is 4. The van der Waals surface area contributed by atoms with Crippen molar-refractivity contribution in [3.8, 4) is 16.3 Å². The average Bonchev–Trinajstić information content (AvgIpc) is 3.54. The maximum Gasteiger partial charge on any atom is 0.416 e. The fourth-order valence-electron chi connectivity index (χ4n) is 4.36. The van der Waals surface area contributed by atoms with E-state index in [1.807, 2.05) is 48.5 Å². The monoisotopic (exact) mass is 550 g/mol. The van der Waals surface area contributed by atoms with Gasteiger partial charge in [0, 0.05) is 22.7 Å². The molecule has 1 unspecified atom stereocenters. The Balaban J connectivity index is 1.38. The Morgan fingerprint density at radius 3 is 2.46 bits per heavy atom. The third-order valence-electron chi connectivity index (χ3n) is 6.57. The fourth-order valence-corrected chi connectivity index (χ4v) is 5.39. The summed E-state index contributed by atoms with van der Waals surface area (Å²) >= 11 is 1.41. The molecule has 9 heteroatoms. The molecule has 0 aliphatic carbocycles. The van der Waals surface area contributed by atoms with Gasteiger partial charge in [0.15, 0.2) is 0 Å². The lowest BCUT2D eigenvalue weighted by Crippen LogP contribution is -2.14. The van der Waals surface area contributed by atoms with Gasteiger partial charge >= 0.3 is 12.1 Å². The van der Waals surface area contributed by atoms with Crippen molar-refractivity contribution in [2.75, 3.05) is 0 Å². The molecule has 1 atom stereocenters. The number of ether oxygens (including phenoxy) is 1. The van der Waals surface area contributed by atoms with E-state index in [9.17, 15) is 23.1 Å². The number of carbonyl (C=O) groups is 1. The summed E-state index contributed by atoms with van der Waals surface area (Å²) in [6, 6.07) is 21.7. The Bertz CT molecular complexity index is 1590. The molecule has 5 nitrogen and oxygen atoms in total. The van der Waals surface area contributed by atoms with Crippen molar-refractivity contribution in [3.63, 3.8) is 0 Å². The van der Waals surface area contributed by atoms with Crippen LogP contribution in [-0.2, 0) is 30.4 Å². The number of aliphatic carboxylic acids is 1. The minimum Gasteiger partial charge on any atom is -0.488 e. The SMILES string of the molecule is CC(C(=O)O)n1ccc2cc(OCc3sc(-c4ccc(C(F)(F)F)cc4)nc3CCc3ccccc3)ccc21. The van der Waals surface area contributed by atoms with Crippen LogP contribution in [0.2, 0.25) is 0 Å². The second kappa shape index (κ2) is 10.9. The third kappa shape index (κ3) is 5.98. The molecule has 0 amide bonds. The number of alkyl halides is 3. The van der Waals surface area contributed by atoms with Gasteiger partial charge in [0.25, 0.3) is 0 Å². The van der Waals surface area contributed by atoms with Gasteiger partial charge in [-0.05, 0) is 61.7 Å². The van der Waals surface area contributed by atoms with E-state index in [0.29, 0.717) is 22.7 Å². The van der Waals surface area contributed by atoms with Crippen molar-refractivity contribution >= 4 is 28.2 Å². The van der Waals surface area contributed by atoms with Crippen LogP contribution in [0.15, 0.2) is 85.1 Å². The normalized spacial score (nSPS) is 12.5. The highest BCUT2D eigenvalue weighted by Gasteiger charge is 2.30. The maximum absolute atomic E-state index is 13.0. The standard InChI is InChI=1S/C30H25F3N2O3S/c1-19(29(36)37)35-16-15-22-17-24(12-14-26(22)35)38-18-27-25(13-7-20-5-3-2-4-6-20)34-28(39-27)21-8-10-23(11-9-21)30(31,32)33/h2-6,8-12,14-17,19H,7,13,18H2,1H3,(H,36,37). The number of aryl methyl sites for hydroxylation is 2. The van der Waals surface area contributed by atoms with Crippen LogP contribution in [0.3, 0.4) is 0 Å². The fraction of sp³-hybridized carbons (Fsp3) is 0.200. The molecule has 0 spiro atoms. The van der Waals surface area contributed by atoms with Gasteiger partial charge in [0.05, 0.1) is 16.1 Å². The summed E-state index contributed by atoms with van der Waals surface area (Å²) < 4.78 is 46.9. The first kappa shape index (κ1) is 26.5. The van der Waals surface area contributed by atoms with Crippen molar-refractivity contribution in [2.45, 2.75) is 38.6 Å². The molecule has 1 N–H and O–H groups in total. The molecule has 0 bridgehead atoms. The summed E-state index contributed by atoms with van der Waals surface area (Å²) in [5.74, 6) is -0.286. The Morgan fingerprint density at radius 2 is 1.77 bits per heavy atom. The Kier molecular flexibility index (Phi) is 7.43. The number of rotatable bonds is 9. The summed E-state index contributed by atoms with van der Waals surface area (Å²) in [4.78, 5) is 17.1. The van der Waals surface area contributed by atoms with Gasteiger partial charge in [-0.2, -0.15) is 13.2 Å². The molecule has 0 aliphatic heterocycles. The molecule has 0 aliphatic rings. The number of aromatic nitrogens is 2. The van der Waals surface area contributed by atoms with E-state index in [4.69, 9.17) is 9.72 Å². The molecule has 0 saturated heterocycles. The smallest absolute Gasteiger partial charge is 0.416 e. The van der Waals surface area contributed by atoms with Crippen molar-refractivity contribution < 1.29 is 27.8 Å². The lowest BCUT2D eigenvalue weighted by atomic mass is 10.1. The summed E-state index contributed by atoms with van der Waals surface area (Å²) in [5, 5.41) is 10.9. The Labute approximate surface area is 227 Å². The molecule has 2 heterocycles. The molecule has 5 rings (SSSR count). The largest absolute Gasteiger partial charge is 0.488 e. The van der Waals surface area contributed by atoms with Gasteiger partial charge in [-0.1, -0.05) is 42.5 Å². The second-order valence-electron chi connectivity index (χ2n) is 9.20. The number of fused-ring (bicyclic) bond motifs is 1. The zero-order valence-corrected chi connectivity index (χ0v) is 21.8. The first-order valence-electron chi connectivity index (χ1n) is 12.4. The molecule has 0 radical (unpaired) electrons. The van der Waals surface area contributed by atoms with E-state index in [0.717, 1.165) is 40.0 Å². The van der Waals surface area contributed by atoms with Crippen LogP contribution in [0, 0.1) is 0 Å². The van der Waals surface area contributed by atoms with E-state index >= 15 is 0 Å². The van der Waals surface area contributed by atoms with E-state index < -0.39 is 23.8 Å². The molecule has 0 saturated carbocycles. The number of halogens is 3. The molecule has 5 aromatic rings. The maximum atomic E-state index is 13.0. The summed E-state index contributed by atoms with van der Waals surface area (Å²) in [5.41, 5.74) is 2.73. The van der Waals surface area contributed by atoms with Gasteiger partial charge in [0.1, 0.15) is 23.4 Å². The molecule has 2 aromatic heterocycles. The van der Waals surface area contributed by atoms with E-state index in [1.165, 1.54) is 29.0 Å². The van der Waals surface area contributed by atoms with Crippen LogP contribution in [0.1, 0.15) is 34.7 Å². The zero-order valence-electron chi connectivity index (χ0n) is 21.0. The highest BCUT2D eigenvalue weighted by Crippen LogP contribution is 2.34. The van der Waals surface area contributed by atoms with Gasteiger partial charge in [-0.25, -0.2) is 9.78 Å². The number of nitrogens with zero attached hydrogens (tertiary/aromatic N) is 2. The van der Waals surface area contributed by atoms with E-state index in [2.05, 4.69) is 0 Å². The summed E-state index contributed by atoms with van der Waals surface area (Å²) in [6.45, 7) is 1.88.